The van der Waals surface area contributed by atoms with Crippen LogP contribution in [0.15, 0.2) is 41.4 Å². The molecular weight excluding hydrogens is 348 g/mol. The molecule has 0 aliphatic rings. The van der Waals surface area contributed by atoms with Gasteiger partial charge in [0.1, 0.15) is 11.1 Å². The van der Waals surface area contributed by atoms with Crippen molar-refractivity contribution in [2.45, 2.75) is 25.3 Å². The Morgan fingerprint density at radius 2 is 1.96 bits per heavy atom. The molecule has 26 heavy (non-hydrogen) atoms. The lowest BCUT2D eigenvalue weighted by Crippen LogP contribution is -2.35. The van der Waals surface area contributed by atoms with E-state index in [9.17, 15) is 14.9 Å². The smallest absolute Gasteiger partial charge is 0.237 e. The predicted octanol–water partition coefficient (Wildman–Crippen LogP) is 2.57. The summed E-state index contributed by atoms with van der Waals surface area (Å²) in [5, 5.41) is 9.88. The van der Waals surface area contributed by atoms with Crippen LogP contribution in [0.3, 0.4) is 0 Å². The van der Waals surface area contributed by atoms with Crippen molar-refractivity contribution in [3.05, 3.63) is 53.2 Å². The number of hydrogen-bond acceptors (Lipinski definition) is 5. The van der Waals surface area contributed by atoms with Crippen LogP contribution in [0, 0.1) is 25.2 Å². The van der Waals surface area contributed by atoms with Gasteiger partial charge >= 0.3 is 0 Å². The van der Waals surface area contributed by atoms with E-state index in [1.165, 1.54) is 16.7 Å². The Labute approximate surface area is 157 Å². The van der Waals surface area contributed by atoms with Gasteiger partial charge in [-0.15, -0.1) is 0 Å². The van der Waals surface area contributed by atoms with Gasteiger partial charge in [0, 0.05) is 24.3 Å². The van der Waals surface area contributed by atoms with Crippen LogP contribution in [0.5, 0.6) is 0 Å². The maximum absolute atomic E-state index is 12.7. The van der Waals surface area contributed by atoms with E-state index in [1.54, 1.807) is 12.1 Å². The van der Waals surface area contributed by atoms with Crippen molar-refractivity contribution in [1.82, 2.24) is 4.98 Å². The molecule has 0 spiro atoms. The average molecular weight is 368 g/mol. The first-order valence-electron chi connectivity index (χ1n) is 8.07. The standard InChI is InChI=1S/C19H20N4O2S/c1-13-10-14(2)22-19(16(13)11-20)26-12-18(25)23(9-8-17(21)24)15-6-4-3-5-7-15/h3-7,10H,8-9,12H2,1-2H3,(H2,21,24). The Morgan fingerprint density at radius 1 is 1.27 bits per heavy atom. The number of nitrogens with zero attached hydrogens (tertiary/aromatic N) is 3. The lowest BCUT2D eigenvalue weighted by Gasteiger charge is -2.22. The van der Waals surface area contributed by atoms with Crippen molar-refractivity contribution in [2.24, 2.45) is 5.73 Å². The van der Waals surface area contributed by atoms with Crippen molar-refractivity contribution < 1.29 is 9.59 Å². The highest BCUT2D eigenvalue weighted by molar-refractivity contribution is 8.00. The van der Waals surface area contributed by atoms with Gasteiger partial charge in [-0.3, -0.25) is 9.59 Å². The second kappa shape index (κ2) is 9.02. The zero-order valence-electron chi connectivity index (χ0n) is 14.7. The molecular formula is C19H20N4O2S. The van der Waals surface area contributed by atoms with Gasteiger partial charge in [0.15, 0.2) is 0 Å². The largest absolute Gasteiger partial charge is 0.370 e. The number of carbonyl (C=O) groups is 2. The molecule has 0 bridgehead atoms. The second-order valence-electron chi connectivity index (χ2n) is 5.76. The van der Waals surface area contributed by atoms with Crippen molar-refractivity contribution in [1.29, 1.82) is 5.26 Å². The van der Waals surface area contributed by atoms with Crippen molar-refractivity contribution in [2.75, 3.05) is 17.2 Å². The number of para-hydroxylation sites is 1. The summed E-state index contributed by atoms with van der Waals surface area (Å²) in [6, 6.07) is 13.1. The molecule has 0 aliphatic heterocycles. The number of anilines is 1. The summed E-state index contributed by atoms with van der Waals surface area (Å²) in [5.74, 6) is -0.528. The highest BCUT2D eigenvalue weighted by Crippen LogP contribution is 2.25. The van der Waals surface area contributed by atoms with Gasteiger partial charge in [0.05, 0.1) is 11.3 Å². The number of aromatic nitrogens is 1. The number of primary amides is 1. The molecule has 6 nitrogen and oxygen atoms in total. The van der Waals surface area contributed by atoms with Gasteiger partial charge in [-0.2, -0.15) is 5.26 Å². The van der Waals surface area contributed by atoms with Gasteiger partial charge in [0.25, 0.3) is 0 Å². The summed E-state index contributed by atoms with van der Waals surface area (Å²) in [5.41, 5.74) is 8.05. The molecule has 0 unspecified atom stereocenters. The number of hydrogen-bond donors (Lipinski definition) is 1. The van der Waals surface area contributed by atoms with Crippen molar-refractivity contribution in [3.63, 3.8) is 0 Å². The van der Waals surface area contributed by atoms with E-state index in [0.717, 1.165) is 11.3 Å². The van der Waals surface area contributed by atoms with E-state index in [2.05, 4.69) is 11.1 Å². The fraction of sp³-hybridized carbons (Fsp3) is 0.263. The molecule has 2 amide bonds. The first-order valence-corrected chi connectivity index (χ1v) is 9.05. The molecule has 2 rings (SSSR count). The number of thioether (sulfide) groups is 1. The maximum Gasteiger partial charge on any atom is 0.237 e. The Morgan fingerprint density at radius 3 is 2.58 bits per heavy atom. The third kappa shape index (κ3) is 5.07. The number of benzene rings is 1. The van der Waals surface area contributed by atoms with Gasteiger partial charge < -0.3 is 10.6 Å². The van der Waals surface area contributed by atoms with Crippen LogP contribution in [0.4, 0.5) is 5.69 Å². The van der Waals surface area contributed by atoms with Crippen LogP contribution < -0.4 is 10.6 Å². The third-order valence-electron chi connectivity index (χ3n) is 3.71. The summed E-state index contributed by atoms with van der Waals surface area (Å²) < 4.78 is 0. The fourth-order valence-electron chi connectivity index (χ4n) is 2.48. The molecule has 2 N–H and O–H groups in total. The second-order valence-corrected chi connectivity index (χ2v) is 6.72. The molecule has 2 aromatic rings. The Kier molecular flexibility index (Phi) is 6.75. The fourth-order valence-corrected chi connectivity index (χ4v) is 3.45. The minimum atomic E-state index is -0.464. The first-order chi connectivity index (χ1) is 12.4. The Balaban J connectivity index is 2.18. The van der Waals surface area contributed by atoms with Crippen LogP contribution >= 0.6 is 11.8 Å². The molecule has 1 heterocycles. The molecule has 7 heteroatoms. The van der Waals surface area contributed by atoms with Crippen LogP contribution in [-0.4, -0.2) is 29.1 Å². The minimum absolute atomic E-state index is 0.0799. The number of rotatable bonds is 7. The van der Waals surface area contributed by atoms with Gasteiger partial charge in [-0.1, -0.05) is 30.0 Å². The lowest BCUT2D eigenvalue weighted by molar-refractivity contribution is -0.118. The molecule has 0 saturated carbocycles. The summed E-state index contributed by atoms with van der Waals surface area (Å²) in [6.45, 7) is 3.91. The molecule has 134 valence electrons. The zero-order chi connectivity index (χ0) is 19.1. The Bertz CT molecular complexity index is 847. The van der Waals surface area contributed by atoms with Gasteiger partial charge in [-0.25, -0.2) is 4.98 Å². The molecule has 0 radical (unpaired) electrons. The number of amides is 2. The topological polar surface area (TPSA) is 100 Å². The van der Waals surface area contributed by atoms with E-state index in [-0.39, 0.29) is 24.6 Å². The summed E-state index contributed by atoms with van der Waals surface area (Å²) in [4.78, 5) is 29.8. The number of nitrogens with two attached hydrogens (primary N) is 1. The number of carbonyl (C=O) groups excluding carboxylic acids is 2. The van der Waals surface area contributed by atoms with E-state index in [0.29, 0.717) is 16.3 Å². The average Bonchev–Trinajstić information content (AvgIpc) is 2.60. The van der Waals surface area contributed by atoms with Crippen molar-refractivity contribution in [3.8, 4) is 6.07 Å². The predicted molar refractivity (Wildman–Crippen MR) is 102 cm³/mol. The monoisotopic (exact) mass is 368 g/mol. The van der Waals surface area contributed by atoms with E-state index in [1.807, 2.05) is 38.1 Å². The van der Waals surface area contributed by atoms with E-state index in [4.69, 9.17) is 5.73 Å². The highest BCUT2D eigenvalue weighted by Gasteiger charge is 2.18. The van der Waals surface area contributed by atoms with Crippen molar-refractivity contribution >= 4 is 29.3 Å². The normalized spacial score (nSPS) is 10.2. The molecule has 1 aromatic carbocycles. The highest BCUT2D eigenvalue weighted by atomic mass is 32.2. The molecule has 1 aromatic heterocycles. The number of nitriles is 1. The lowest BCUT2D eigenvalue weighted by atomic mass is 10.1. The Hall–Kier alpha value is -2.85. The number of pyridine rings is 1. The van der Waals surface area contributed by atoms with Crippen LogP contribution in [-0.2, 0) is 9.59 Å². The third-order valence-corrected chi connectivity index (χ3v) is 4.67. The summed E-state index contributed by atoms with van der Waals surface area (Å²) >= 11 is 1.22. The molecule has 0 saturated heterocycles. The van der Waals surface area contributed by atoms with Crippen LogP contribution in [0.1, 0.15) is 23.2 Å². The van der Waals surface area contributed by atoms with E-state index >= 15 is 0 Å². The maximum atomic E-state index is 12.7. The van der Waals surface area contributed by atoms with Crippen LogP contribution in [0.25, 0.3) is 0 Å². The summed E-state index contributed by atoms with van der Waals surface area (Å²) in [7, 11) is 0. The summed E-state index contributed by atoms with van der Waals surface area (Å²) in [6.07, 6.45) is 0.0799. The zero-order valence-corrected chi connectivity index (χ0v) is 15.5. The molecule has 0 aliphatic carbocycles. The first kappa shape index (κ1) is 19.5. The van der Waals surface area contributed by atoms with Crippen LogP contribution in [0.2, 0.25) is 0 Å². The van der Waals surface area contributed by atoms with Gasteiger partial charge in [-0.05, 0) is 37.6 Å². The molecule has 0 fully saturated rings. The molecule has 0 atom stereocenters. The van der Waals surface area contributed by atoms with Gasteiger partial charge in [0.2, 0.25) is 11.8 Å². The quantitative estimate of drug-likeness (QED) is 0.757. The van der Waals surface area contributed by atoms with E-state index < -0.39 is 5.91 Å². The minimum Gasteiger partial charge on any atom is -0.370 e. The number of aryl methyl sites for hydroxylation is 2. The SMILES string of the molecule is Cc1cc(C)c(C#N)c(SCC(=O)N(CCC(N)=O)c2ccccc2)n1.